The minimum Gasteiger partial charge on any atom is -0.497 e. The molecule has 0 saturated heterocycles. The molecular weight excluding hydrogens is 320 g/mol. The quantitative estimate of drug-likeness (QED) is 0.744. The van der Waals surface area contributed by atoms with Gasteiger partial charge in [0.15, 0.2) is 5.76 Å². The van der Waals surface area contributed by atoms with Gasteiger partial charge in [0.1, 0.15) is 11.5 Å². The second-order valence-electron chi connectivity index (χ2n) is 5.36. The summed E-state index contributed by atoms with van der Waals surface area (Å²) in [6.45, 7) is 0. The van der Waals surface area contributed by atoms with Crippen molar-refractivity contribution >= 4 is 11.6 Å². The normalized spacial score (nSPS) is 10.3. The van der Waals surface area contributed by atoms with Crippen LogP contribution in [0.1, 0.15) is 5.69 Å². The molecule has 0 radical (unpaired) electrons. The highest BCUT2D eigenvalue weighted by molar-refractivity contribution is 5.92. The van der Waals surface area contributed by atoms with E-state index < -0.39 is 0 Å². The lowest BCUT2D eigenvalue weighted by molar-refractivity contribution is -0.115. The van der Waals surface area contributed by atoms with E-state index in [1.54, 1.807) is 44.6 Å². The Morgan fingerprint density at radius 2 is 1.60 bits per heavy atom. The monoisotopic (exact) mass is 338 g/mol. The zero-order valence-corrected chi connectivity index (χ0v) is 14.0. The molecule has 0 bridgehead atoms. The predicted molar refractivity (Wildman–Crippen MR) is 93.8 cm³/mol. The van der Waals surface area contributed by atoms with E-state index in [1.165, 1.54) is 0 Å². The highest BCUT2D eigenvalue weighted by Crippen LogP contribution is 2.23. The number of nitrogens with one attached hydrogen (secondary N) is 1. The zero-order valence-electron chi connectivity index (χ0n) is 14.0. The van der Waals surface area contributed by atoms with Gasteiger partial charge in [0.25, 0.3) is 0 Å². The molecule has 0 spiro atoms. The smallest absolute Gasteiger partial charge is 0.230 e. The van der Waals surface area contributed by atoms with Crippen LogP contribution in [0.3, 0.4) is 0 Å². The van der Waals surface area contributed by atoms with Gasteiger partial charge in [-0.25, -0.2) is 0 Å². The minimum atomic E-state index is -0.167. The second-order valence-corrected chi connectivity index (χ2v) is 5.36. The third kappa shape index (κ3) is 4.17. The van der Waals surface area contributed by atoms with E-state index in [-0.39, 0.29) is 12.3 Å². The SMILES string of the molecule is COc1ccc(NC(=O)Cc2cc(-c3ccc(OC)cc3)on2)cc1. The summed E-state index contributed by atoms with van der Waals surface area (Å²) in [7, 11) is 3.21. The van der Waals surface area contributed by atoms with Gasteiger partial charge in [0.2, 0.25) is 5.91 Å². The van der Waals surface area contributed by atoms with E-state index >= 15 is 0 Å². The van der Waals surface area contributed by atoms with Crippen molar-refractivity contribution in [3.05, 3.63) is 60.3 Å². The molecule has 1 aromatic heterocycles. The summed E-state index contributed by atoms with van der Waals surface area (Å²) in [5.74, 6) is 1.94. The molecule has 0 unspecified atom stereocenters. The second kappa shape index (κ2) is 7.53. The predicted octanol–water partition coefficient (Wildman–Crippen LogP) is 3.54. The largest absolute Gasteiger partial charge is 0.497 e. The topological polar surface area (TPSA) is 73.6 Å². The lowest BCUT2D eigenvalue weighted by Crippen LogP contribution is -2.14. The highest BCUT2D eigenvalue weighted by Gasteiger charge is 2.11. The van der Waals surface area contributed by atoms with Crippen molar-refractivity contribution in [3.8, 4) is 22.8 Å². The Hall–Kier alpha value is -3.28. The number of methoxy groups -OCH3 is 2. The number of hydrogen-bond donors (Lipinski definition) is 1. The van der Waals surface area contributed by atoms with Gasteiger partial charge in [-0.15, -0.1) is 0 Å². The molecule has 1 amide bonds. The summed E-state index contributed by atoms with van der Waals surface area (Å²) < 4.78 is 15.5. The van der Waals surface area contributed by atoms with Gasteiger partial charge in [-0.3, -0.25) is 4.79 Å². The van der Waals surface area contributed by atoms with Crippen LogP contribution in [0.5, 0.6) is 11.5 Å². The summed E-state index contributed by atoms with van der Waals surface area (Å²) in [6.07, 6.45) is 0.131. The van der Waals surface area contributed by atoms with Gasteiger partial charge in [-0.1, -0.05) is 5.16 Å². The number of carbonyl (C=O) groups excluding carboxylic acids is 1. The van der Waals surface area contributed by atoms with Crippen molar-refractivity contribution in [2.45, 2.75) is 6.42 Å². The van der Waals surface area contributed by atoms with Crippen LogP contribution < -0.4 is 14.8 Å². The first-order valence-electron chi connectivity index (χ1n) is 7.72. The number of hydrogen-bond acceptors (Lipinski definition) is 5. The van der Waals surface area contributed by atoms with Crippen molar-refractivity contribution < 1.29 is 18.8 Å². The van der Waals surface area contributed by atoms with Crippen molar-refractivity contribution in [1.82, 2.24) is 5.16 Å². The van der Waals surface area contributed by atoms with Crippen LogP contribution in [0, 0.1) is 0 Å². The summed E-state index contributed by atoms with van der Waals surface area (Å²) in [6, 6.07) is 16.3. The maximum Gasteiger partial charge on any atom is 0.230 e. The van der Waals surface area contributed by atoms with E-state index in [1.807, 2.05) is 24.3 Å². The van der Waals surface area contributed by atoms with Gasteiger partial charge < -0.3 is 19.3 Å². The van der Waals surface area contributed by atoms with E-state index in [4.69, 9.17) is 14.0 Å². The molecule has 6 nitrogen and oxygen atoms in total. The summed E-state index contributed by atoms with van der Waals surface area (Å²) in [5.41, 5.74) is 2.14. The molecule has 1 heterocycles. The Morgan fingerprint density at radius 3 is 2.20 bits per heavy atom. The first kappa shape index (κ1) is 16.6. The van der Waals surface area contributed by atoms with Crippen LogP contribution >= 0.6 is 0 Å². The van der Waals surface area contributed by atoms with Gasteiger partial charge in [0.05, 0.1) is 26.3 Å². The van der Waals surface area contributed by atoms with Crippen LogP contribution in [0.25, 0.3) is 11.3 Å². The number of carbonyl (C=O) groups is 1. The molecular formula is C19H18N2O4. The summed E-state index contributed by atoms with van der Waals surface area (Å²) >= 11 is 0. The Balaban J connectivity index is 1.62. The van der Waals surface area contributed by atoms with E-state index in [0.29, 0.717) is 17.1 Å². The molecule has 0 atom stereocenters. The first-order chi connectivity index (χ1) is 12.2. The van der Waals surface area contributed by atoms with Crippen molar-refractivity contribution in [2.75, 3.05) is 19.5 Å². The van der Waals surface area contributed by atoms with Crippen molar-refractivity contribution in [1.29, 1.82) is 0 Å². The Kier molecular flexibility index (Phi) is 4.99. The van der Waals surface area contributed by atoms with Crippen molar-refractivity contribution in [3.63, 3.8) is 0 Å². The van der Waals surface area contributed by atoms with E-state index in [9.17, 15) is 4.79 Å². The number of amides is 1. The standard InChI is InChI=1S/C19H18N2O4/c1-23-16-7-3-13(4-8-16)18-11-15(21-25-18)12-19(22)20-14-5-9-17(24-2)10-6-14/h3-11H,12H2,1-2H3,(H,20,22). The lowest BCUT2D eigenvalue weighted by atomic mass is 10.1. The Morgan fingerprint density at radius 1 is 1.00 bits per heavy atom. The molecule has 0 saturated carbocycles. The molecule has 1 N–H and O–H groups in total. The maximum atomic E-state index is 12.1. The fourth-order valence-corrected chi connectivity index (χ4v) is 2.33. The molecule has 128 valence electrons. The molecule has 2 aromatic carbocycles. The molecule has 0 aliphatic heterocycles. The average Bonchev–Trinajstić information content (AvgIpc) is 3.10. The van der Waals surface area contributed by atoms with Crippen molar-refractivity contribution in [2.24, 2.45) is 0 Å². The molecule has 0 aliphatic carbocycles. The minimum absolute atomic E-state index is 0.131. The third-order valence-corrected chi connectivity index (χ3v) is 3.65. The highest BCUT2D eigenvalue weighted by atomic mass is 16.5. The van der Waals surface area contributed by atoms with Gasteiger partial charge in [0, 0.05) is 17.3 Å². The molecule has 0 aliphatic rings. The van der Waals surface area contributed by atoms with Gasteiger partial charge >= 0.3 is 0 Å². The number of rotatable bonds is 6. The number of benzene rings is 2. The first-order valence-corrected chi connectivity index (χ1v) is 7.72. The number of anilines is 1. The van der Waals surface area contributed by atoms with Gasteiger partial charge in [-0.05, 0) is 48.5 Å². The number of aromatic nitrogens is 1. The molecule has 3 aromatic rings. The van der Waals surface area contributed by atoms with Crippen LogP contribution in [-0.4, -0.2) is 25.3 Å². The van der Waals surface area contributed by atoms with E-state index in [2.05, 4.69) is 10.5 Å². The zero-order chi connectivity index (χ0) is 17.6. The molecule has 6 heteroatoms. The van der Waals surface area contributed by atoms with Gasteiger partial charge in [-0.2, -0.15) is 0 Å². The summed E-state index contributed by atoms with van der Waals surface area (Å²) in [4.78, 5) is 12.1. The molecule has 0 fully saturated rings. The van der Waals surface area contributed by atoms with Crippen LogP contribution in [0.2, 0.25) is 0 Å². The van der Waals surface area contributed by atoms with Crippen LogP contribution in [-0.2, 0) is 11.2 Å². The average molecular weight is 338 g/mol. The van der Waals surface area contributed by atoms with E-state index in [0.717, 1.165) is 17.1 Å². The third-order valence-electron chi connectivity index (χ3n) is 3.65. The fraction of sp³-hybridized carbons (Fsp3) is 0.158. The van der Waals surface area contributed by atoms with Crippen LogP contribution in [0.15, 0.2) is 59.1 Å². The Labute approximate surface area is 145 Å². The van der Waals surface area contributed by atoms with Crippen LogP contribution in [0.4, 0.5) is 5.69 Å². The molecule has 25 heavy (non-hydrogen) atoms. The number of nitrogens with zero attached hydrogens (tertiary/aromatic N) is 1. The summed E-state index contributed by atoms with van der Waals surface area (Å²) in [5, 5.41) is 6.77. The fourth-order valence-electron chi connectivity index (χ4n) is 2.33. The number of ether oxygens (including phenoxy) is 2. The maximum absolute atomic E-state index is 12.1. The lowest BCUT2D eigenvalue weighted by Gasteiger charge is -2.05. The Bertz CT molecular complexity index is 839. The molecule has 3 rings (SSSR count).